The highest BCUT2D eigenvalue weighted by Crippen LogP contribution is 2.61. The zero-order valence-corrected chi connectivity index (χ0v) is 14.5. The summed E-state index contributed by atoms with van der Waals surface area (Å²) in [6.07, 6.45) is 3.89. The number of carbonyl (C=O) groups is 1. The highest BCUT2D eigenvalue weighted by atomic mass is 19.1. The molecule has 0 amide bonds. The SMILES string of the molecule is COCc1nc(C)ncc1OC[C@@]1(C2C=C(F)C=C(F)C2)C[C@H]1C(=O)O. The average Bonchev–Trinajstić information content (AvgIpc) is 3.30. The van der Waals surface area contributed by atoms with Gasteiger partial charge in [0.05, 0.1) is 25.3 Å². The minimum atomic E-state index is -0.991. The third kappa shape index (κ3) is 3.60. The average molecular weight is 366 g/mol. The summed E-state index contributed by atoms with van der Waals surface area (Å²) >= 11 is 0. The van der Waals surface area contributed by atoms with Crippen LogP contribution in [0.4, 0.5) is 8.78 Å². The first-order valence-corrected chi connectivity index (χ1v) is 8.26. The number of aliphatic carboxylic acids is 1. The number of halogens is 2. The van der Waals surface area contributed by atoms with E-state index in [2.05, 4.69) is 9.97 Å². The summed E-state index contributed by atoms with van der Waals surface area (Å²) in [7, 11) is 1.52. The molecule has 0 bridgehead atoms. The van der Waals surface area contributed by atoms with Crippen molar-refractivity contribution in [1.29, 1.82) is 0 Å². The second-order valence-electron chi connectivity index (χ2n) is 6.73. The normalized spacial score (nSPS) is 27.5. The molecule has 3 atom stereocenters. The van der Waals surface area contributed by atoms with Gasteiger partial charge in [-0.25, -0.2) is 18.7 Å². The number of rotatable bonds is 7. The maximum atomic E-state index is 13.7. The Morgan fingerprint density at radius 2 is 2.23 bits per heavy atom. The Morgan fingerprint density at radius 3 is 2.85 bits per heavy atom. The molecule has 6 nitrogen and oxygen atoms in total. The number of aromatic nitrogens is 2. The molecular weight excluding hydrogens is 346 g/mol. The first kappa shape index (κ1) is 18.4. The molecule has 1 N–H and O–H groups in total. The molecule has 3 rings (SSSR count). The lowest BCUT2D eigenvalue weighted by atomic mass is 9.82. The summed E-state index contributed by atoms with van der Waals surface area (Å²) in [5, 5.41) is 9.40. The zero-order valence-electron chi connectivity index (χ0n) is 14.5. The van der Waals surface area contributed by atoms with Crippen LogP contribution in [-0.2, 0) is 16.1 Å². The van der Waals surface area contributed by atoms with Gasteiger partial charge in [0.1, 0.15) is 23.2 Å². The highest BCUT2D eigenvalue weighted by molar-refractivity contribution is 5.75. The number of hydrogen-bond donors (Lipinski definition) is 1. The minimum absolute atomic E-state index is 0.00876. The number of hydrogen-bond acceptors (Lipinski definition) is 5. The molecule has 1 unspecified atom stereocenters. The molecule has 1 aromatic heterocycles. The van der Waals surface area contributed by atoms with E-state index in [1.807, 2.05) is 0 Å². The summed E-state index contributed by atoms with van der Waals surface area (Å²) < 4.78 is 38.3. The molecule has 2 aliphatic rings. The molecule has 1 aromatic rings. The van der Waals surface area contributed by atoms with Gasteiger partial charge in [-0.05, 0) is 25.3 Å². The predicted octanol–water partition coefficient (Wildman–Crippen LogP) is 3.13. The quantitative estimate of drug-likeness (QED) is 0.798. The van der Waals surface area contributed by atoms with E-state index in [1.54, 1.807) is 6.92 Å². The molecule has 26 heavy (non-hydrogen) atoms. The smallest absolute Gasteiger partial charge is 0.307 e. The fourth-order valence-corrected chi connectivity index (χ4v) is 3.50. The van der Waals surface area contributed by atoms with Gasteiger partial charge in [-0.3, -0.25) is 4.79 Å². The summed E-state index contributed by atoms with van der Waals surface area (Å²) in [6, 6.07) is 0. The van der Waals surface area contributed by atoms with Gasteiger partial charge in [0.25, 0.3) is 0 Å². The fourth-order valence-electron chi connectivity index (χ4n) is 3.50. The molecule has 1 saturated carbocycles. The molecule has 2 aliphatic carbocycles. The summed E-state index contributed by atoms with van der Waals surface area (Å²) in [5.41, 5.74) is -0.316. The van der Waals surface area contributed by atoms with Crippen molar-refractivity contribution in [1.82, 2.24) is 9.97 Å². The van der Waals surface area contributed by atoms with E-state index < -0.39 is 34.9 Å². The van der Waals surface area contributed by atoms with Crippen LogP contribution in [0.2, 0.25) is 0 Å². The van der Waals surface area contributed by atoms with Gasteiger partial charge in [0, 0.05) is 25.0 Å². The number of allylic oxidation sites excluding steroid dienone is 4. The number of aryl methyl sites for hydroxylation is 1. The topological polar surface area (TPSA) is 81.5 Å². The lowest BCUT2D eigenvalue weighted by Crippen LogP contribution is -2.28. The molecular formula is C18H20F2N2O4. The fraction of sp³-hybridized carbons (Fsp3) is 0.500. The number of carboxylic acids is 1. The molecule has 8 heteroatoms. The number of ether oxygens (including phenoxy) is 2. The molecule has 0 aliphatic heterocycles. The van der Waals surface area contributed by atoms with E-state index in [0.29, 0.717) is 23.7 Å². The van der Waals surface area contributed by atoms with Gasteiger partial charge < -0.3 is 14.6 Å². The van der Waals surface area contributed by atoms with Crippen molar-refractivity contribution in [3.63, 3.8) is 0 Å². The predicted molar refractivity (Wildman–Crippen MR) is 87.6 cm³/mol. The van der Waals surface area contributed by atoms with E-state index in [0.717, 1.165) is 6.08 Å². The van der Waals surface area contributed by atoms with Crippen LogP contribution in [-0.4, -0.2) is 34.8 Å². The molecule has 140 valence electrons. The van der Waals surface area contributed by atoms with Crippen LogP contribution < -0.4 is 4.74 Å². The number of methoxy groups -OCH3 is 1. The van der Waals surface area contributed by atoms with Crippen LogP contribution in [0.5, 0.6) is 5.75 Å². The van der Waals surface area contributed by atoms with Gasteiger partial charge in [0.2, 0.25) is 0 Å². The second-order valence-corrected chi connectivity index (χ2v) is 6.73. The first-order chi connectivity index (χ1) is 12.4. The Kier molecular flexibility index (Phi) is 5.04. The van der Waals surface area contributed by atoms with E-state index in [-0.39, 0.29) is 19.6 Å². The van der Waals surface area contributed by atoms with E-state index in [1.165, 1.54) is 19.4 Å². The lowest BCUT2D eigenvalue weighted by molar-refractivity contribution is -0.140. The molecule has 0 spiro atoms. The molecule has 0 radical (unpaired) electrons. The van der Waals surface area contributed by atoms with Crippen LogP contribution in [0.3, 0.4) is 0 Å². The van der Waals surface area contributed by atoms with Gasteiger partial charge >= 0.3 is 5.97 Å². The monoisotopic (exact) mass is 366 g/mol. The molecule has 1 heterocycles. The molecule has 0 saturated heterocycles. The third-order valence-electron chi connectivity index (χ3n) is 4.95. The van der Waals surface area contributed by atoms with E-state index in [4.69, 9.17) is 9.47 Å². The number of carboxylic acid groups (broad SMARTS) is 1. The first-order valence-electron chi connectivity index (χ1n) is 8.26. The zero-order chi connectivity index (χ0) is 18.9. The van der Waals surface area contributed by atoms with Crippen molar-refractivity contribution in [2.24, 2.45) is 17.3 Å². The van der Waals surface area contributed by atoms with E-state index in [9.17, 15) is 18.7 Å². The summed E-state index contributed by atoms with van der Waals surface area (Å²) in [6.45, 7) is 1.95. The van der Waals surface area contributed by atoms with Crippen LogP contribution in [0.15, 0.2) is 30.0 Å². The van der Waals surface area contributed by atoms with Gasteiger partial charge in [-0.15, -0.1) is 0 Å². The van der Waals surface area contributed by atoms with Gasteiger partial charge in [-0.2, -0.15) is 0 Å². The molecule has 1 fully saturated rings. The van der Waals surface area contributed by atoms with Crippen molar-refractivity contribution >= 4 is 5.97 Å². The van der Waals surface area contributed by atoms with Crippen LogP contribution in [0.1, 0.15) is 24.4 Å². The lowest BCUT2D eigenvalue weighted by Gasteiger charge is -2.27. The van der Waals surface area contributed by atoms with Crippen molar-refractivity contribution in [2.45, 2.75) is 26.4 Å². The Morgan fingerprint density at radius 1 is 1.46 bits per heavy atom. The van der Waals surface area contributed by atoms with Gasteiger partial charge in [-0.1, -0.05) is 0 Å². The maximum Gasteiger partial charge on any atom is 0.307 e. The largest absolute Gasteiger partial charge is 0.489 e. The van der Waals surface area contributed by atoms with Crippen molar-refractivity contribution < 1.29 is 28.2 Å². The highest BCUT2D eigenvalue weighted by Gasteiger charge is 2.63. The summed E-state index contributed by atoms with van der Waals surface area (Å²) in [5.74, 6) is -2.63. The maximum absolute atomic E-state index is 13.7. The summed E-state index contributed by atoms with van der Waals surface area (Å²) in [4.78, 5) is 19.8. The number of nitrogens with zero attached hydrogens (tertiary/aromatic N) is 2. The second kappa shape index (κ2) is 7.11. The Hall–Kier alpha value is -2.35. The van der Waals surface area contributed by atoms with Crippen molar-refractivity contribution in [2.75, 3.05) is 13.7 Å². The van der Waals surface area contributed by atoms with E-state index >= 15 is 0 Å². The molecule has 0 aromatic carbocycles. The minimum Gasteiger partial charge on any atom is -0.489 e. The van der Waals surface area contributed by atoms with Crippen molar-refractivity contribution in [3.05, 3.63) is 41.5 Å². The van der Waals surface area contributed by atoms with Gasteiger partial charge in [0.15, 0.2) is 5.75 Å². The van der Waals surface area contributed by atoms with Crippen molar-refractivity contribution in [3.8, 4) is 5.75 Å². The van der Waals surface area contributed by atoms with Crippen LogP contribution in [0, 0.1) is 24.2 Å². The Bertz CT molecular complexity index is 780. The van der Waals surface area contributed by atoms with Crippen LogP contribution in [0.25, 0.3) is 0 Å². The Labute approximate surface area is 149 Å². The third-order valence-corrected chi connectivity index (χ3v) is 4.95. The Balaban J connectivity index is 1.81. The van der Waals surface area contributed by atoms with Crippen LogP contribution >= 0.6 is 0 Å². The standard InChI is InChI=1S/C18H20F2N2O4/c1-10-21-7-16(15(22-10)8-25-2)26-9-18(6-14(18)17(23)24)11-3-12(19)5-13(20)4-11/h3,5,7,11,14H,4,6,8-9H2,1-2H3,(H,23,24)/t11?,14-,18+/m0/s1.